The van der Waals surface area contributed by atoms with Crippen LogP contribution in [0.15, 0.2) is 4.52 Å². The SMILES string of the molecule is Cc1noc(C)c1CNC(=O)NC(C)(C)C(C)(C)C(=O)O. The molecule has 1 rings (SSSR count). The lowest BCUT2D eigenvalue weighted by molar-refractivity contribution is -0.150. The molecule has 1 heterocycles. The van der Waals surface area contributed by atoms with Crippen LogP contribution in [0.25, 0.3) is 0 Å². The van der Waals surface area contributed by atoms with Gasteiger partial charge in [-0.2, -0.15) is 0 Å². The standard InChI is InChI=1S/C14H23N3O4/c1-8-10(9(2)21-17-8)7-15-12(20)16-14(5,6)13(3,4)11(18)19/h7H2,1-6H3,(H,18,19)(H2,15,16,20). The van der Waals surface area contributed by atoms with Gasteiger partial charge < -0.3 is 20.3 Å². The molecule has 0 aliphatic rings. The van der Waals surface area contributed by atoms with Crippen molar-refractivity contribution in [1.82, 2.24) is 15.8 Å². The van der Waals surface area contributed by atoms with E-state index in [1.165, 1.54) is 0 Å². The molecule has 0 saturated heterocycles. The summed E-state index contributed by atoms with van der Waals surface area (Å²) >= 11 is 0. The van der Waals surface area contributed by atoms with Gasteiger partial charge in [-0.15, -0.1) is 0 Å². The van der Waals surface area contributed by atoms with Gasteiger partial charge in [-0.1, -0.05) is 5.16 Å². The fourth-order valence-electron chi connectivity index (χ4n) is 1.67. The van der Waals surface area contributed by atoms with Crippen molar-refractivity contribution in [3.63, 3.8) is 0 Å². The van der Waals surface area contributed by atoms with Crippen LogP contribution in [-0.4, -0.2) is 27.8 Å². The van der Waals surface area contributed by atoms with E-state index < -0.39 is 23.0 Å². The molecule has 0 aliphatic heterocycles. The average molecular weight is 297 g/mol. The van der Waals surface area contributed by atoms with Gasteiger partial charge in [0.2, 0.25) is 0 Å². The Morgan fingerprint density at radius 1 is 1.24 bits per heavy atom. The van der Waals surface area contributed by atoms with Gasteiger partial charge in [0.15, 0.2) is 0 Å². The minimum atomic E-state index is -1.10. The van der Waals surface area contributed by atoms with E-state index in [1.54, 1.807) is 41.5 Å². The second-order valence-electron chi connectivity index (χ2n) is 6.17. The number of nitrogens with zero attached hydrogens (tertiary/aromatic N) is 1. The molecule has 21 heavy (non-hydrogen) atoms. The first-order valence-electron chi connectivity index (χ1n) is 6.70. The molecule has 0 radical (unpaired) electrons. The predicted molar refractivity (Wildman–Crippen MR) is 76.8 cm³/mol. The molecule has 0 fully saturated rings. The molecular weight excluding hydrogens is 274 g/mol. The van der Waals surface area contributed by atoms with E-state index in [1.807, 2.05) is 0 Å². The number of hydrogen-bond acceptors (Lipinski definition) is 4. The molecule has 7 heteroatoms. The third-order valence-electron chi connectivity index (χ3n) is 4.13. The van der Waals surface area contributed by atoms with Crippen molar-refractivity contribution in [3.05, 3.63) is 17.0 Å². The average Bonchev–Trinajstić information content (AvgIpc) is 2.65. The van der Waals surface area contributed by atoms with E-state index >= 15 is 0 Å². The number of aromatic nitrogens is 1. The molecule has 1 aromatic heterocycles. The van der Waals surface area contributed by atoms with Crippen molar-refractivity contribution in [1.29, 1.82) is 0 Å². The van der Waals surface area contributed by atoms with Gasteiger partial charge in [-0.25, -0.2) is 4.79 Å². The van der Waals surface area contributed by atoms with Crippen LogP contribution in [0, 0.1) is 19.3 Å². The predicted octanol–water partition coefficient (Wildman–Crippen LogP) is 1.98. The van der Waals surface area contributed by atoms with E-state index in [0.29, 0.717) is 5.76 Å². The summed E-state index contributed by atoms with van der Waals surface area (Å²) in [6.07, 6.45) is 0. The maximum atomic E-state index is 12.0. The normalized spacial score (nSPS) is 12.1. The Kier molecular flexibility index (Phi) is 4.65. The molecule has 0 unspecified atom stereocenters. The van der Waals surface area contributed by atoms with Gasteiger partial charge in [-0.05, 0) is 41.5 Å². The van der Waals surface area contributed by atoms with E-state index in [2.05, 4.69) is 15.8 Å². The summed E-state index contributed by atoms with van der Waals surface area (Å²) < 4.78 is 5.01. The molecule has 0 saturated carbocycles. The molecule has 1 aromatic rings. The Hall–Kier alpha value is -2.05. The zero-order valence-electron chi connectivity index (χ0n) is 13.3. The van der Waals surface area contributed by atoms with Crippen LogP contribution in [0.1, 0.15) is 44.7 Å². The lowest BCUT2D eigenvalue weighted by Crippen LogP contribution is -2.58. The van der Waals surface area contributed by atoms with Crippen LogP contribution in [0.5, 0.6) is 0 Å². The lowest BCUT2D eigenvalue weighted by Gasteiger charge is -2.38. The fraction of sp³-hybridized carbons (Fsp3) is 0.643. The lowest BCUT2D eigenvalue weighted by atomic mass is 9.74. The minimum Gasteiger partial charge on any atom is -0.481 e. The number of nitrogens with one attached hydrogen (secondary N) is 2. The zero-order valence-corrected chi connectivity index (χ0v) is 13.3. The van der Waals surface area contributed by atoms with Crippen LogP contribution < -0.4 is 10.6 Å². The van der Waals surface area contributed by atoms with Crippen LogP contribution in [0.4, 0.5) is 4.79 Å². The highest BCUT2D eigenvalue weighted by atomic mass is 16.5. The highest BCUT2D eigenvalue weighted by Gasteiger charge is 2.44. The summed E-state index contributed by atoms with van der Waals surface area (Å²) in [5, 5.41) is 18.4. The molecule has 0 aromatic carbocycles. The molecule has 0 aliphatic carbocycles. The molecule has 3 N–H and O–H groups in total. The number of carbonyl (C=O) groups excluding carboxylic acids is 1. The number of carboxylic acids is 1. The second-order valence-corrected chi connectivity index (χ2v) is 6.17. The summed E-state index contributed by atoms with van der Waals surface area (Å²) in [7, 11) is 0. The van der Waals surface area contributed by atoms with E-state index in [0.717, 1.165) is 11.3 Å². The maximum absolute atomic E-state index is 12.0. The number of aryl methyl sites for hydroxylation is 2. The van der Waals surface area contributed by atoms with Crippen molar-refractivity contribution < 1.29 is 19.2 Å². The third-order valence-corrected chi connectivity index (χ3v) is 4.13. The Morgan fingerprint density at radius 3 is 2.24 bits per heavy atom. The first-order chi connectivity index (χ1) is 9.49. The van der Waals surface area contributed by atoms with Gasteiger partial charge >= 0.3 is 12.0 Å². The van der Waals surface area contributed by atoms with Crippen molar-refractivity contribution >= 4 is 12.0 Å². The van der Waals surface area contributed by atoms with Gasteiger partial charge in [0.1, 0.15) is 5.76 Å². The molecule has 118 valence electrons. The number of urea groups is 1. The summed E-state index contributed by atoms with van der Waals surface area (Å²) in [5.74, 6) is -0.323. The third kappa shape index (κ3) is 3.53. The Balaban J connectivity index is 2.68. The number of carbonyl (C=O) groups is 2. The topological polar surface area (TPSA) is 104 Å². The smallest absolute Gasteiger partial charge is 0.315 e. The van der Waals surface area contributed by atoms with Gasteiger partial charge in [0.05, 0.1) is 16.6 Å². The van der Waals surface area contributed by atoms with E-state index in [-0.39, 0.29) is 6.54 Å². The van der Waals surface area contributed by atoms with Gasteiger partial charge in [0.25, 0.3) is 0 Å². The molecular formula is C14H23N3O4. The van der Waals surface area contributed by atoms with Gasteiger partial charge in [0, 0.05) is 12.1 Å². The summed E-state index contributed by atoms with van der Waals surface area (Å²) in [4.78, 5) is 23.3. The Labute approximate surface area is 124 Å². The summed E-state index contributed by atoms with van der Waals surface area (Å²) in [5.41, 5.74) is -0.479. The number of amides is 2. The van der Waals surface area contributed by atoms with E-state index in [4.69, 9.17) is 4.52 Å². The Morgan fingerprint density at radius 2 is 1.81 bits per heavy atom. The molecule has 0 spiro atoms. The van der Waals surface area contributed by atoms with Gasteiger partial charge in [-0.3, -0.25) is 4.79 Å². The quantitative estimate of drug-likeness (QED) is 0.770. The molecule has 7 nitrogen and oxygen atoms in total. The van der Waals surface area contributed by atoms with Crippen LogP contribution in [-0.2, 0) is 11.3 Å². The maximum Gasteiger partial charge on any atom is 0.315 e. The minimum absolute atomic E-state index is 0.274. The molecule has 0 bridgehead atoms. The van der Waals surface area contributed by atoms with Crippen LogP contribution in [0.3, 0.4) is 0 Å². The number of hydrogen-bond donors (Lipinski definition) is 3. The fourth-order valence-corrected chi connectivity index (χ4v) is 1.67. The number of carboxylic acid groups (broad SMARTS) is 1. The second kappa shape index (κ2) is 5.75. The van der Waals surface area contributed by atoms with Crippen molar-refractivity contribution in [2.24, 2.45) is 5.41 Å². The van der Waals surface area contributed by atoms with Crippen LogP contribution in [0.2, 0.25) is 0 Å². The first-order valence-corrected chi connectivity index (χ1v) is 6.70. The number of rotatable bonds is 5. The number of aliphatic carboxylic acids is 1. The molecule has 0 atom stereocenters. The monoisotopic (exact) mass is 297 g/mol. The first kappa shape index (κ1) is 17.0. The highest BCUT2D eigenvalue weighted by molar-refractivity contribution is 5.79. The Bertz CT molecular complexity index is 527. The van der Waals surface area contributed by atoms with E-state index in [9.17, 15) is 14.7 Å². The van der Waals surface area contributed by atoms with Crippen molar-refractivity contribution in [2.75, 3.05) is 0 Å². The highest BCUT2D eigenvalue weighted by Crippen LogP contribution is 2.30. The van der Waals surface area contributed by atoms with Crippen LogP contribution >= 0.6 is 0 Å². The van der Waals surface area contributed by atoms with Crippen molar-refractivity contribution in [2.45, 2.75) is 53.6 Å². The van der Waals surface area contributed by atoms with Crippen molar-refractivity contribution in [3.8, 4) is 0 Å². The largest absolute Gasteiger partial charge is 0.481 e. The molecule has 2 amide bonds. The zero-order chi connectivity index (χ0) is 16.4. The summed E-state index contributed by atoms with van der Waals surface area (Å²) in [6.45, 7) is 10.3. The summed E-state index contributed by atoms with van der Waals surface area (Å²) in [6, 6.07) is -0.436.